The first kappa shape index (κ1) is 29.8. The number of sulfonamides is 1. The van der Waals surface area contributed by atoms with Crippen molar-refractivity contribution in [3.05, 3.63) is 85.7 Å². The summed E-state index contributed by atoms with van der Waals surface area (Å²) in [6, 6.07) is 9.65. The first-order chi connectivity index (χ1) is 19.3. The van der Waals surface area contributed by atoms with Crippen molar-refractivity contribution < 1.29 is 22.7 Å². The fourth-order valence-electron chi connectivity index (χ4n) is 4.58. The Morgan fingerprint density at radius 3 is 2.34 bits per heavy atom. The summed E-state index contributed by atoms with van der Waals surface area (Å²) in [6.45, 7) is 7.73. The van der Waals surface area contributed by atoms with Gasteiger partial charge in [-0.05, 0) is 35.2 Å². The summed E-state index contributed by atoms with van der Waals surface area (Å²) in [6.07, 6.45) is 5.99. The van der Waals surface area contributed by atoms with Gasteiger partial charge in [-0.3, -0.25) is 23.9 Å². The second-order valence-corrected chi connectivity index (χ2v) is 12.5. The number of rotatable bonds is 7. The molecule has 1 saturated heterocycles. The Balaban J connectivity index is 1.86. The van der Waals surface area contributed by atoms with Crippen molar-refractivity contribution in [2.24, 2.45) is 0 Å². The number of benzene rings is 2. The number of nitrogens with one attached hydrogen (secondary N) is 2. The van der Waals surface area contributed by atoms with E-state index in [2.05, 4.69) is 9.71 Å². The van der Waals surface area contributed by atoms with Gasteiger partial charge in [0.25, 0.3) is 11.5 Å². The van der Waals surface area contributed by atoms with Crippen LogP contribution < -0.4 is 20.7 Å². The van der Waals surface area contributed by atoms with Crippen LogP contribution in [0.4, 0.5) is 5.69 Å². The largest absolute Gasteiger partial charge is 0.496 e. The Labute approximate surface area is 238 Å². The van der Waals surface area contributed by atoms with Crippen LogP contribution in [0.2, 0.25) is 0 Å². The Morgan fingerprint density at radius 1 is 1.05 bits per heavy atom. The zero-order chi connectivity index (χ0) is 29.9. The summed E-state index contributed by atoms with van der Waals surface area (Å²) in [4.78, 5) is 41.7. The lowest BCUT2D eigenvalue weighted by Gasteiger charge is -2.27. The number of anilines is 1. The van der Waals surface area contributed by atoms with Gasteiger partial charge in [-0.15, -0.1) is 0 Å². The van der Waals surface area contributed by atoms with Crippen molar-refractivity contribution in [1.29, 1.82) is 0 Å². The molecule has 1 fully saturated rings. The number of aromatic nitrogens is 2. The molecule has 2 heterocycles. The Hall–Kier alpha value is -4.16. The van der Waals surface area contributed by atoms with E-state index in [1.165, 1.54) is 22.9 Å². The maximum Gasteiger partial charge on any atom is 0.332 e. The average molecular weight is 583 g/mol. The van der Waals surface area contributed by atoms with Crippen molar-refractivity contribution in [2.75, 3.05) is 44.4 Å². The molecule has 3 aromatic rings. The molecule has 1 aromatic heterocycles. The van der Waals surface area contributed by atoms with Crippen LogP contribution in [0.1, 0.15) is 47.8 Å². The molecule has 0 radical (unpaired) electrons. The number of hydrogen-bond acceptors (Lipinski definition) is 7. The number of carbonyl (C=O) groups is 1. The topological polar surface area (TPSA) is 140 Å². The summed E-state index contributed by atoms with van der Waals surface area (Å²) in [5, 5.41) is 0. The van der Waals surface area contributed by atoms with E-state index in [1.54, 1.807) is 42.4 Å². The highest BCUT2D eigenvalue weighted by atomic mass is 32.2. The molecule has 2 aromatic carbocycles. The fraction of sp³-hybridized carbons (Fsp3) is 0.345. The maximum absolute atomic E-state index is 13.5. The highest BCUT2D eigenvalue weighted by Gasteiger charge is 2.24. The minimum Gasteiger partial charge on any atom is -0.496 e. The molecule has 0 saturated carbocycles. The van der Waals surface area contributed by atoms with E-state index in [0.717, 1.165) is 11.8 Å². The van der Waals surface area contributed by atoms with Gasteiger partial charge in [0.2, 0.25) is 10.0 Å². The van der Waals surface area contributed by atoms with Gasteiger partial charge >= 0.3 is 5.69 Å². The van der Waals surface area contributed by atoms with Crippen molar-refractivity contribution in [3.8, 4) is 11.4 Å². The van der Waals surface area contributed by atoms with Crippen LogP contribution in [0.25, 0.3) is 17.8 Å². The molecule has 4 rings (SSSR count). The van der Waals surface area contributed by atoms with Crippen LogP contribution in [0.3, 0.4) is 0 Å². The van der Waals surface area contributed by atoms with E-state index in [-0.39, 0.29) is 17.0 Å². The highest BCUT2D eigenvalue weighted by Crippen LogP contribution is 2.37. The summed E-state index contributed by atoms with van der Waals surface area (Å²) < 4.78 is 38.7. The lowest BCUT2D eigenvalue weighted by molar-refractivity contribution is 0.0303. The molecule has 2 N–H and O–H groups in total. The molecule has 0 aliphatic carbocycles. The molecule has 0 unspecified atom stereocenters. The number of aromatic amines is 1. The van der Waals surface area contributed by atoms with Crippen molar-refractivity contribution in [3.63, 3.8) is 0 Å². The van der Waals surface area contributed by atoms with E-state index in [4.69, 9.17) is 9.47 Å². The smallest absolute Gasteiger partial charge is 0.332 e. The second-order valence-electron chi connectivity index (χ2n) is 10.8. The summed E-state index contributed by atoms with van der Waals surface area (Å²) >= 11 is 0. The third kappa shape index (κ3) is 7.14. The summed E-state index contributed by atoms with van der Waals surface area (Å²) in [7, 11) is -1.99. The van der Waals surface area contributed by atoms with Gasteiger partial charge in [0.05, 0.1) is 32.3 Å². The van der Waals surface area contributed by atoms with Gasteiger partial charge in [-0.25, -0.2) is 13.2 Å². The summed E-state index contributed by atoms with van der Waals surface area (Å²) in [5.74, 6) is 0.340. The van der Waals surface area contributed by atoms with E-state index >= 15 is 0 Å². The molecule has 11 nitrogen and oxygen atoms in total. The number of carbonyl (C=O) groups excluding carboxylic acids is 1. The molecular weight excluding hydrogens is 548 g/mol. The third-order valence-corrected chi connectivity index (χ3v) is 7.15. The molecule has 41 heavy (non-hydrogen) atoms. The van der Waals surface area contributed by atoms with Gasteiger partial charge in [-0.2, -0.15) is 0 Å². The third-order valence-electron chi connectivity index (χ3n) is 6.54. The molecule has 0 atom stereocenters. The molecule has 12 heteroatoms. The monoisotopic (exact) mass is 582 g/mol. The predicted octanol–water partition coefficient (Wildman–Crippen LogP) is 2.85. The van der Waals surface area contributed by atoms with Crippen LogP contribution in [-0.4, -0.2) is 68.4 Å². The van der Waals surface area contributed by atoms with Gasteiger partial charge in [0.1, 0.15) is 5.75 Å². The molecular formula is C29H34N4O7S. The van der Waals surface area contributed by atoms with Crippen molar-refractivity contribution in [1.82, 2.24) is 14.5 Å². The minimum atomic E-state index is -3.56. The number of nitrogens with zero attached hydrogens (tertiary/aromatic N) is 2. The fourth-order valence-corrected chi connectivity index (χ4v) is 5.14. The average Bonchev–Trinajstić information content (AvgIpc) is 2.90. The molecule has 1 amide bonds. The van der Waals surface area contributed by atoms with E-state index in [9.17, 15) is 22.8 Å². The Morgan fingerprint density at radius 2 is 1.73 bits per heavy atom. The second kappa shape index (κ2) is 11.8. The van der Waals surface area contributed by atoms with Gasteiger partial charge < -0.3 is 14.4 Å². The van der Waals surface area contributed by atoms with Gasteiger partial charge in [0.15, 0.2) is 0 Å². The van der Waals surface area contributed by atoms with E-state index in [1.807, 2.05) is 26.8 Å². The quantitative estimate of drug-likeness (QED) is 0.408. The zero-order valence-corrected chi connectivity index (χ0v) is 24.5. The van der Waals surface area contributed by atoms with Gasteiger partial charge in [0, 0.05) is 47.7 Å². The minimum absolute atomic E-state index is 0.249. The van der Waals surface area contributed by atoms with E-state index in [0.29, 0.717) is 54.4 Å². The maximum atomic E-state index is 13.5. The molecule has 1 aliphatic rings. The first-order valence-corrected chi connectivity index (χ1v) is 14.9. The normalized spacial score (nSPS) is 14.3. The predicted molar refractivity (Wildman–Crippen MR) is 158 cm³/mol. The first-order valence-electron chi connectivity index (χ1n) is 13.0. The van der Waals surface area contributed by atoms with Gasteiger partial charge in [-0.1, -0.05) is 39.0 Å². The van der Waals surface area contributed by atoms with Crippen LogP contribution in [-0.2, 0) is 20.2 Å². The van der Waals surface area contributed by atoms with E-state index < -0.39 is 21.3 Å². The summed E-state index contributed by atoms with van der Waals surface area (Å²) in [5.41, 5.74) is 1.69. The highest BCUT2D eigenvalue weighted by molar-refractivity contribution is 7.92. The number of ether oxygens (including phenoxy) is 2. The molecule has 218 valence electrons. The lowest BCUT2D eigenvalue weighted by atomic mass is 9.84. The number of H-pyrrole nitrogens is 1. The van der Waals surface area contributed by atoms with Crippen molar-refractivity contribution >= 4 is 33.8 Å². The van der Waals surface area contributed by atoms with Crippen molar-refractivity contribution in [2.45, 2.75) is 26.2 Å². The van der Waals surface area contributed by atoms with Crippen LogP contribution >= 0.6 is 0 Å². The number of morpholine rings is 1. The number of methoxy groups -OCH3 is 1. The lowest BCUT2D eigenvalue weighted by Crippen LogP contribution is -2.41. The number of amides is 1. The Bertz CT molecular complexity index is 1710. The Kier molecular flexibility index (Phi) is 8.55. The molecule has 1 aliphatic heterocycles. The standard InChI is InChI=1S/C29H34N4O7S/c1-29(2,3)24-18-22(33-11-10-25(34)30-28(33)36)16-20(26(24)39-4)7-6-19-8-9-21(31-41(5,37)38)17-23(19)27(35)32-12-14-40-15-13-32/h6-11,16-18,31H,12-15H2,1-5H3,(H,30,34,36). The van der Waals surface area contributed by atoms with Crippen LogP contribution in [0.15, 0.2) is 52.2 Å². The number of hydrogen-bond donors (Lipinski definition) is 2. The van der Waals surface area contributed by atoms with Crippen LogP contribution in [0.5, 0.6) is 5.75 Å². The molecule has 0 bridgehead atoms. The zero-order valence-electron chi connectivity index (χ0n) is 23.7. The van der Waals surface area contributed by atoms with Crippen LogP contribution in [0, 0.1) is 0 Å². The SMILES string of the molecule is COc1c(C=Cc2ccc(NS(C)(=O)=O)cc2C(=O)N2CCOCC2)cc(-n2ccc(=O)[nH]c2=O)cc1C(C)(C)C. The molecule has 0 spiro atoms.